The van der Waals surface area contributed by atoms with E-state index in [2.05, 4.69) is 9.59 Å². The number of rotatable bonds is 2. The molecule has 0 fully saturated rings. The van der Waals surface area contributed by atoms with Gasteiger partial charge in [0, 0.05) is 19.7 Å². The summed E-state index contributed by atoms with van der Waals surface area (Å²) in [6.45, 7) is 0. The predicted molar refractivity (Wildman–Crippen MR) is 57.1 cm³/mol. The van der Waals surface area contributed by atoms with Gasteiger partial charge < -0.3 is 4.90 Å². The Morgan fingerprint density at radius 3 is 2.86 bits per heavy atom. The van der Waals surface area contributed by atoms with Crippen LogP contribution in [0.4, 0.5) is 5.69 Å². The molecule has 5 heteroatoms. The molecule has 0 atom stereocenters. The van der Waals surface area contributed by atoms with Gasteiger partial charge in [0.1, 0.15) is 5.52 Å². The number of aromatic nitrogens is 2. The SMILES string of the molecule is CN(C)c1ccc(C=O)c2nnsc12. The lowest BCUT2D eigenvalue weighted by Crippen LogP contribution is -2.08. The summed E-state index contributed by atoms with van der Waals surface area (Å²) < 4.78 is 4.82. The topological polar surface area (TPSA) is 46.1 Å². The van der Waals surface area contributed by atoms with Gasteiger partial charge in [0.15, 0.2) is 6.29 Å². The van der Waals surface area contributed by atoms with Crippen LogP contribution in [0.3, 0.4) is 0 Å². The second-order valence-electron chi connectivity index (χ2n) is 3.14. The third kappa shape index (κ3) is 1.26. The van der Waals surface area contributed by atoms with Crippen LogP contribution in [0.25, 0.3) is 10.2 Å². The first-order chi connectivity index (χ1) is 6.74. The minimum atomic E-state index is 0.597. The lowest BCUT2D eigenvalue weighted by molar-refractivity contribution is 0.112. The minimum absolute atomic E-state index is 0.597. The second-order valence-corrected chi connectivity index (χ2v) is 3.89. The smallest absolute Gasteiger partial charge is 0.152 e. The molecule has 0 aliphatic rings. The van der Waals surface area contributed by atoms with Crippen molar-refractivity contribution in [3.63, 3.8) is 0 Å². The summed E-state index contributed by atoms with van der Waals surface area (Å²) in [4.78, 5) is 12.7. The molecule has 72 valence electrons. The number of benzene rings is 1. The quantitative estimate of drug-likeness (QED) is 0.701. The van der Waals surface area contributed by atoms with Crippen LogP contribution in [0, 0.1) is 0 Å². The van der Waals surface area contributed by atoms with Crippen molar-refractivity contribution in [2.45, 2.75) is 0 Å². The molecule has 1 heterocycles. The second kappa shape index (κ2) is 3.34. The van der Waals surface area contributed by atoms with E-state index in [0.29, 0.717) is 11.1 Å². The van der Waals surface area contributed by atoms with Crippen molar-refractivity contribution < 1.29 is 4.79 Å². The van der Waals surface area contributed by atoms with Gasteiger partial charge >= 0.3 is 0 Å². The van der Waals surface area contributed by atoms with Crippen molar-refractivity contribution in [3.05, 3.63) is 17.7 Å². The average molecular weight is 207 g/mol. The van der Waals surface area contributed by atoms with Gasteiger partial charge in [0.25, 0.3) is 0 Å². The first kappa shape index (κ1) is 9.08. The van der Waals surface area contributed by atoms with Crippen LogP contribution < -0.4 is 4.90 Å². The van der Waals surface area contributed by atoms with Crippen molar-refractivity contribution in [1.29, 1.82) is 0 Å². The van der Waals surface area contributed by atoms with Crippen molar-refractivity contribution >= 4 is 33.7 Å². The van der Waals surface area contributed by atoms with E-state index in [1.165, 1.54) is 11.5 Å². The van der Waals surface area contributed by atoms with Crippen LogP contribution in [0.1, 0.15) is 10.4 Å². The van der Waals surface area contributed by atoms with E-state index < -0.39 is 0 Å². The van der Waals surface area contributed by atoms with Crippen LogP contribution >= 0.6 is 11.5 Å². The van der Waals surface area contributed by atoms with Crippen molar-refractivity contribution in [2.75, 3.05) is 19.0 Å². The van der Waals surface area contributed by atoms with Crippen molar-refractivity contribution in [1.82, 2.24) is 9.59 Å². The molecule has 0 saturated carbocycles. The number of aldehydes is 1. The third-order valence-electron chi connectivity index (χ3n) is 2.02. The molecule has 1 aromatic carbocycles. The number of nitrogens with zero attached hydrogens (tertiary/aromatic N) is 3. The number of hydrogen-bond acceptors (Lipinski definition) is 5. The summed E-state index contributed by atoms with van der Waals surface area (Å²) in [5.74, 6) is 0. The number of anilines is 1. The van der Waals surface area contributed by atoms with Gasteiger partial charge in [-0.25, -0.2) is 0 Å². The number of hydrogen-bond donors (Lipinski definition) is 0. The Bertz CT molecular complexity index is 478. The molecule has 0 amide bonds. The first-order valence-corrected chi connectivity index (χ1v) is 4.89. The number of carbonyl (C=O) groups excluding carboxylic acids is 1. The number of fused-ring (bicyclic) bond motifs is 1. The summed E-state index contributed by atoms with van der Waals surface area (Å²) in [5, 5.41) is 3.94. The summed E-state index contributed by atoms with van der Waals surface area (Å²) >= 11 is 1.31. The Balaban J connectivity index is 2.78. The average Bonchev–Trinajstić information content (AvgIpc) is 2.64. The first-order valence-electron chi connectivity index (χ1n) is 4.11. The van der Waals surface area contributed by atoms with Crippen LogP contribution in [0.15, 0.2) is 12.1 Å². The molecule has 0 radical (unpaired) electrons. The molecule has 1 aromatic heterocycles. The molecular formula is C9H9N3OS. The monoisotopic (exact) mass is 207 g/mol. The lowest BCUT2D eigenvalue weighted by atomic mass is 10.2. The molecule has 4 nitrogen and oxygen atoms in total. The summed E-state index contributed by atoms with van der Waals surface area (Å²) in [7, 11) is 3.91. The van der Waals surface area contributed by atoms with E-state index in [1.807, 2.05) is 25.1 Å². The Hall–Kier alpha value is -1.49. The maximum absolute atomic E-state index is 10.7. The minimum Gasteiger partial charge on any atom is -0.376 e. The van der Waals surface area contributed by atoms with Gasteiger partial charge in [0.05, 0.1) is 10.4 Å². The van der Waals surface area contributed by atoms with Gasteiger partial charge in [0.2, 0.25) is 0 Å². The lowest BCUT2D eigenvalue weighted by Gasteiger charge is -2.12. The van der Waals surface area contributed by atoms with Crippen LogP contribution in [-0.4, -0.2) is 30.0 Å². The molecule has 0 bridgehead atoms. The van der Waals surface area contributed by atoms with Crippen LogP contribution in [0.5, 0.6) is 0 Å². The largest absolute Gasteiger partial charge is 0.376 e. The Morgan fingerprint density at radius 1 is 1.43 bits per heavy atom. The standard InChI is InChI=1S/C9H9N3OS/c1-12(2)7-4-3-6(5-13)8-9(7)14-11-10-8/h3-5H,1-2H3. The van der Waals surface area contributed by atoms with Crippen molar-refractivity contribution in [3.8, 4) is 0 Å². The Kier molecular flexibility index (Phi) is 2.17. The normalized spacial score (nSPS) is 10.4. The Morgan fingerprint density at radius 2 is 2.21 bits per heavy atom. The van der Waals surface area contributed by atoms with Crippen molar-refractivity contribution in [2.24, 2.45) is 0 Å². The van der Waals surface area contributed by atoms with Gasteiger partial charge in [-0.15, -0.1) is 5.10 Å². The molecule has 0 saturated heterocycles. The zero-order valence-corrected chi connectivity index (χ0v) is 8.71. The maximum Gasteiger partial charge on any atom is 0.152 e. The summed E-state index contributed by atoms with van der Waals surface area (Å²) in [6, 6.07) is 3.68. The zero-order valence-electron chi connectivity index (χ0n) is 7.89. The highest BCUT2D eigenvalue weighted by atomic mass is 32.1. The van der Waals surface area contributed by atoms with Gasteiger partial charge in [-0.1, -0.05) is 4.49 Å². The fourth-order valence-corrected chi connectivity index (χ4v) is 2.11. The van der Waals surface area contributed by atoms with Gasteiger partial charge in [-0.05, 0) is 23.7 Å². The molecule has 0 unspecified atom stereocenters. The number of carbonyl (C=O) groups is 1. The molecule has 2 aromatic rings. The third-order valence-corrected chi connectivity index (χ3v) is 2.77. The maximum atomic E-state index is 10.7. The summed E-state index contributed by atoms with van der Waals surface area (Å²) in [6.07, 6.45) is 0.809. The van der Waals surface area contributed by atoms with E-state index in [9.17, 15) is 4.79 Å². The highest BCUT2D eigenvalue weighted by molar-refractivity contribution is 7.13. The molecule has 0 aliphatic carbocycles. The van der Waals surface area contributed by atoms with E-state index in [-0.39, 0.29) is 0 Å². The fraction of sp³-hybridized carbons (Fsp3) is 0.222. The molecular weight excluding hydrogens is 198 g/mol. The molecule has 14 heavy (non-hydrogen) atoms. The van der Waals surface area contributed by atoms with E-state index in [4.69, 9.17) is 0 Å². The fourth-order valence-electron chi connectivity index (χ4n) is 1.32. The Labute approximate surface area is 85.3 Å². The van der Waals surface area contributed by atoms with Crippen LogP contribution in [0.2, 0.25) is 0 Å². The van der Waals surface area contributed by atoms with E-state index in [1.54, 1.807) is 6.07 Å². The van der Waals surface area contributed by atoms with E-state index >= 15 is 0 Å². The highest BCUT2D eigenvalue weighted by Gasteiger charge is 2.10. The van der Waals surface area contributed by atoms with Crippen LogP contribution in [-0.2, 0) is 0 Å². The predicted octanol–water partition coefficient (Wildman–Crippen LogP) is 1.57. The molecule has 0 aliphatic heterocycles. The molecule has 0 spiro atoms. The molecule has 0 N–H and O–H groups in total. The van der Waals surface area contributed by atoms with Gasteiger partial charge in [-0.2, -0.15) is 0 Å². The molecule has 2 rings (SSSR count). The summed E-state index contributed by atoms with van der Waals surface area (Å²) in [5.41, 5.74) is 2.33. The van der Waals surface area contributed by atoms with Gasteiger partial charge in [-0.3, -0.25) is 4.79 Å². The zero-order chi connectivity index (χ0) is 10.1. The van der Waals surface area contributed by atoms with E-state index in [0.717, 1.165) is 16.7 Å². The highest BCUT2D eigenvalue weighted by Crippen LogP contribution is 2.28.